The molecule has 0 spiro atoms. The van der Waals surface area contributed by atoms with Gasteiger partial charge >= 0.3 is 0 Å². The maximum atomic E-state index is 12.5. The van der Waals surface area contributed by atoms with E-state index >= 15 is 0 Å². The summed E-state index contributed by atoms with van der Waals surface area (Å²) >= 11 is 0. The lowest BCUT2D eigenvalue weighted by atomic mass is 10.1. The maximum absolute atomic E-state index is 12.5. The number of anilines is 1. The fourth-order valence-corrected chi connectivity index (χ4v) is 3.44. The zero-order chi connectivity index (χ0) is 18.9. The van der Waals surface area contributed by atoms with E-state index in [4.69, 9.17) is 4.74 Å². The number of nitrogens with zero attached hydrogens (tertiary/aromatic N) is 2. The number of carbonyl (C=O) groups excluding carboxylic acids is 2. The standard InChI is InChI=1S/C20H30N4O3/c25-19(16-21-8-11-23-12-14-27-15-13-23)22-18-6-4-17(5-7-18)20(26)24-9-2-1-3-10-24/h4-7,21H,1-3,8-16H2,(H,22,25). The van der Waals surface area contributed by atoms with Crippen LogP contribution in [0.2, 0.25) is 0 Å². The Morgan fingerprint density at radius 2 is 1.67 bits per heavy atom. The van der Waals surface area contributed by atoms with Crippen LogP contribution in [-0.2, 0) is 9.53 Å². The van der Waals surface area contributed by atoms with Gasteiger partial charge < -0.3 is 20.3 Å². The van der Waals surface area contributed by atoms with E-state index in [2.05, 4.69) is 15.5 Å². The Morgan fingerprint density at radius 3 is 2.37 bits per heavy atom. The Balaban J connectivity index is 1.37. The number of amides is 2. The molecule has 27 heavy (non-hydrogen) atoms. The molecule has 7 heteroatoms. The lowest BCUT2D eigenvalue weighted by molar-refractivity contribution is -0.115. The molecule has 0 unspecified atom stereocenters. The van der Waals surface area contributed by atoms with Crippen LogP contribution < -0.4 is 10.6 Å². The van der Waals surface area contributed by atoms with E-state index in [1.165, 1.54) is 6.42 Å². The third kappa shape index (κ3) is 6.30. The van der Waals surface area contributed by atoms with E-state index < -0.39 is 0 Å². The molecule has 1 aromatic carbocycles. The number of hydrogen-bond acceptors (Lipinski definition) is 5. The third-order valence-electron chi connectivity index (χ3n) is 5.05. The molecule has 2 fully saturated rings. The number of morpholine rings is 1. The molecular weight excluding hydrogens is 344 g/mol. The molecule has 0 radical (unpaired) electrons. The average Bonchev–Trinajstić information content (AvgIpc) is 2.73. The van der Waals surface area contributed by atoms with Crippen molar-refractivity contribution >= 4 is 17.5 Å². The van der Waals surface area contributed by atoms with Crippen molar-refractivity contribution in [2.75, 3.05) is 64.3 Å². The molecule has 0 atom stereocenters. The van der Waals surface area contributed by atoms with Crippen LogP contribution >= 0.6 is 0 Å². The first-order valence-electron chi connectivity index (χ1n) is 9.92. The first-order valence-corrected chi connectivity index (χ1v) is 9.92. The predicted octanol–water partition coefficient (Wildman–Crippen LogP) is 1.17. The number of likely N-dealkylation sites (tertiary alicyclic amines) is 1. The highest BCUT2D eigenvalue weighted by Crippen LogP contribution is 2.15. The summed E-state index contributed by atoms with van der Waals surface area (Å²) in [5, 5.41) is 6.04. The number of hydrogen-bond donors (Lipinski definition) is 2. The molecule has 2 amide bonds. The van der Waals surface area contributed by atoms with Crippen LogP contribution in [0.4, 0.5) is 5.69 Å². The highest BCUT2D eigenvalue weighted by Gasteiger charge is 2.18. The molecular formula is C20H30N4O3. The van der Waals surface area contributed by atoms with E-state index in [9.17, 15) is 9.59 Å². The first kappa shape index (κ1) is 19.8. The Hall–Kier alpha value is -1.96. The summed E-state index contributed by atoms with van der Waals surface area (Å²) in [4.78, 5) is 28.7. The number of piperidine rings is 1. The van der Waals surface area contributed by atoms with Crippen LogP contribution in [0.15, 0.2) is 24.3 Å². The summed E-state index contributed by atoms with van der Waals surface area (Å²) < 4.78 is 5.32. The minimum Gasteiger partial charge on any atom is -0.379 e. The number of carbonyl (C=O) groups is 2. The molecule has 0 aliphatic carbocycles. The summed E-state index contributed by atoms with van der Waals surface area (Å²) in [6.45, 7) is 7.14. The smallest absolute Gasteiger partial charge is 0.253 e. The van der Waals surface area contributed by atoms with Crippen LogP contribution in [0.1, 0.15) is 29.6 Å². The molecule has 0 bridgehead atoms. The van der Waals surface area contributed by atoms with E-state index in [0.717, 1.165) is 65.3 Å². The monoisotopic (exact) mass is 374 g/mol. The molecule has 0 aromatic heterocycles. The average molecular weight is 374 g/mol. The molecule has 2 saturated heterocycles. The summed E-state index contributed by atoms with van der Waals surface area (Å²) in [6.07, 6.45) is 3.37. The molecule has 2 aliphatic rings. The second-order valence-corrected chi connectivity index (χ2v) is 7.11. The highest BCUT2D eigenvalue weighted by molar-refractivity contribution is 5.96. The van der Waals surface area contributed by atoms with Gasteiger partial charge in [0.15, 0.2) is 0 Å². The Morgan fingerprint density at radius 1 is 0.963 bits per heavy atom. The molecule has 7 nitrogen and oxygen atoms in total. The van der Waals surface area contributed by atoms with Gasteiger partial charge in [0.1, 0.15) is 0 Å². The van der Waals surface area contributed by atoms with Gasteiger partial charge in [-0.1, -0.05) is 0 Å². The number of benzene rings is 1. The fourth-order valence-electron chi connectivity index (χ4n) is 3.44. The van der Waals surface area contributed by atoms with E-state index in [1.807, 2.05) is 4.90 Å². The van der Waals surface area contributed by atoms with Crippen molar-refractivity contribution in [2.45, 2.75) is 19.3 Å². The zero-order valence-corrected chi connectivity index (χ0v) is 15.9. The van der Waals surface area contributed by atoms with Gasteiger partial charge in [-0.3, -0.25) is 14.5 Å². The van der Waals surface area contributed by atoms with E-state index in [1.54, 1.807) is 24.3 Å². The van der Waals surface area contributed by atoms with Gasteiger partial charge in [-0.25, -0.2) is 0 Å². The van der Waals surface area contributed by atoms with Gasteiger partial charge in [0.25, 0.3) is 5.91 Å². The normalized spacial score (nSPS) is 18.3. The van der Waals surface area contributed by atoms with Crippen LogP contribution in [0.5, 0.6) is 0 Å². The van der Waals surface area contributed by atoms with Crippen molar-refractivity contribution in [1.82, 2.24) is 15.1 Å². The van der Waals surface area contributed by atoms with Gasteiger partial charge in [0, 0.05) is 50.5 Å². The number of ether oxygens (including phenoxy) is 1. The summed E-state index contributed by atoms with van der Waals surface area (Å²) in [7, 11) is 0. The van der Waals surface area contributed by atoms with E-state index in [-0.39, 0.29) is 18.4 Å². The van der Waals surface area contributed by atoms with Crippen LogP contribution in [0.3, 0.4) is 0 Å². The minimum absolute atomic E-state index is 0.0768. The Kier molecular flexibility index (Phi) is 7.62. The molecule has 3 rings (SSSR count). The van der Waals surface area contributed by atoms with Gasteiger partial charge in [0.2, 0.25) is 5.91 Å². The lowest BCUT2D eigenvalue weighted by Crippen LogP contribution is -2.41. The second-order valence-electron chi connectivity index (χ2n) is 7.11. The van der Waals surface area contributed by atoms with Gasteiger partial charge in [-0.2, -0.15) is 0 Å². The van der Waals surface area contributed by atoms with Crippen molar-refractivity contribution in [3.63, 3.8) is 0 Å². The van der Waals surface area contributed by atoms with Gasteiger partial charge in [-0.05, 0) is 43.5 Å². The summed E-state index contributed by atoms with van der Waals surface area (Å²) in [5.74, 6) is 0.00411. The molecule has 0 saturated carbocycles. The van der Waals surface area contributed by atoms with Crippen LogP contribution in [0, 0.1) is 0 Å². The second kappa shape index (κ2) is 10.4. The van der Waals surface area contributed by atoms with Crippen molar-refractivity contribution in [2.24, 2.45) is 0 Å². The topological polar surface area (TPSA) is 73.9 Å². The van der Waals surface area contributed by atoms with Crippen molar-refractivity contribution < 1.29 is 14.3 Å². The third-order valence-corrected chi connectivity index (χ3v) is 5.05. The summed E-state index contributed by atoms with van der Waals surface area (Å²) in [6, 6.07) is 7.17. The molecule has 2 heterocycles. The molecule has 1 aromatic rings. The fraction of sp³-hybridized carbons (Fsp3) is 0.600. The van der Waals surface area contributed by atoms with Crippen LogP contribution in [0.25, 0.3) is 0 Å². The molecule has 2 N–H and O–H groups in total. The number of rotatable bonds is 7. The van der Waals surface area contributed by atoms with Crippen LogP contribution in [-0.4, -0.2) is 80.6 Å². The van der Waals surface area contributed by atoms with Crippen molar-refractivity contribution in [3.05, 3.63) is 29.8 Å². The summed E-state index contributed by atoms with van der Waals surface area (Å²) in [5.41, 5.74) is 1.39. The zero-order valence-electron chi connectivity index (χ0n) is 15.9. The Labute approximate surface area is 161 Å². The largest absolute Gasteiger partial charge is 0.379 e. The first-order chi connectivity index (χ1) is 13.2. The lowest BCUT2D eigenvalue weighted by Gasteiger charge is -2.26. The van der Waals surface area contributed by atoms with Crippen molar-refractivity contribution in [1.29, 1.82) is 0 Å². The SMILES string of the molecule is O=C(CNCCN1CCOCC1)Nc1ccc(C(=O)N2CCCCC2)cc1. The van der Waals surface area contributed by atoms with E-state index in [0.29, 0.717) is 11.3 Å². The van der Waals surface area contributed by atoms with Gasteiger partial charge in [-0.15, -0.1) is 0 Å². The van der Waals surface area contributed by atoms with Crippen molar-refractivity contribution in [3.8, 4) is 0 Å². The van der Waals surface area contributed by atoms with Gasteiger partial charge in [0.05, 0.1) is 19.8 Å². The highest BCUT2D eigenvalue weighted by atomic mass is 16.5. The molecule has 2 aliphatic heterocycles. The number of nitrogens with one attached hydrogen (secondary N) is 2. The quantitative estimate of drug-likeness (QED) is 0.701. The Bertz CT molecular complexity index is 608. The predicted molar refractivity (Wildman–Crippen MR) is 105 cm³/mol. The molecule has 148 valence electrons. The minimum atomic E-state index is -0.0768. The maximum Gasteiger partial charge on any atom is 0.253 e.